The summed E-state index contributed by atoms with van der Waals surface area (Å²) in [6, 6.07) is 9.74. The number of morpholine rings is 1. The molecule has 1 aromatic carbocycles. The third kappa shape index (κ3) is 5.79. The summed E-state index contributed by atoms with van der Waals surface area (Å²) in [7, 11) is 0. The van der Waals surface area contributed by atoms with Crippen molar-refractivity contribution in [3.05, 3.63) is 45.6 Å². The quantitative estimate of drug-likeness (QED) is 0.572. The Kier molecular flexibility index (Phi) is 7.81. The van der Waals surface area contributed by atoms with Crippen LogP contribution in [-0.4, -0.2) is 56.6 Å². The standard InChI is InChI=1S/C20H23ClN4O4S/c1-2-22-15(11-23-20(28)16-7-8-17(21)30-16)19(27)24-13-3-5-14(6-4-13)25-9-10-29-12-18(25)26/h3-8,15,22H,2,9-12H2,1H3,(H,23,28)(H,24,27)/t15-/m1/s1. The zero-order chi connectivity index (χ0) is 21.5. The number of likely N-dealkylation sites (N-methyl/N-ethyl adjacent to an activating group) is 1. The smallest absolute Gasteiger partial charge is 0.261 e. The molecule has 1 aliphatic rings. The van der Waals surface area contributed by atoms with Crippen LogP contribution in [0.2, 0.25) is 4.34 Å². The molecule has 0 unspecified atom stereocenters. The van der Waals surface area contributed by atoms with Gasteiger partial charge < -0.3 is 25.6 Å². The SMILES string of the molecule is CCN[C@H](CNC(=O)c1ccc(Cl)s1)C(=O)Nc1ccc(N2CCOCC2=O)cc1. The minimum Gasteiger partial charge on any atom is -0.370 e. The maximum absolute atomic E-state index is 12.7. The number of hydrogen-bond acceptors (Lipinski definition) is 6. The number of nitrogens with zero attached hydrogens (tertiary/aromatic N) is 1. The van der Waals surface area contributed by atoms with Gasteiger partial charge in [-0.2, -0.15) is 0 Å². The van der Waals surface area contributed by atoms with E-state index in [1.165, 1.54) is 11.3 Å². The zero-order valence-electron chi connectivity index (χ0n) is 16.4. The molecule has 0 bridgehead atoms. The zero-order valence-corrected chi connectivity index (χ0v) is 18.0. The summed E-state index contributed by atoms with van der Waals surface area (Å²) in [4.78, 5) is 38.9. The Morgan fingerprint density at radius 2 is 2.00 bits per heavy atom. The third-order valence-corrected chi connectivity index (χ3v) is 5.69. The number of hydrogen-bond donors (Lipinski definition) is 3. The van der Waals surface area contributed by atoms with Crippen LogP contribution in [0.1, 0.15) is 16.6 Å². The van der Waals surface area contributed by atoms with Gasteiger partial charge in [-0.15, -0.1) is 11.3 Å². The largest absolute Gasteiger partial charge is 0.370 e. The van der Waals surface area contributed by atoms with Crippen LogP contribution in [-0.2, 0) is 14.3 Å². The first kappa shape index (κ1) is 22.2. The second kappa shape index (κ2) is 10.5. The maximum Gasteiger partial charge on any atom is 0.261 e. The lowest BCUT2D eigenvalue weighted by Gasteiger charge is -2.27. The maximum atomic E-state index is 12.7. The molecule has 0 aliphatic carbocycles. The highest BCUT2D eigenvalue weighted by Crippen LogP contribution is 2.21. The number of rotatable bonds is 8. The minimum atomic E-state index is -0.602. The topological polar surface area (TPSA) is 99.8 Å². The Morgan fingerprint density at radius 3 is 2.63 bits per heavy atom. The van der Waals surface area contributed by atoms with Gasteiger partial charge >= 0.3 is 0 Å². The van der Waals surface area contributed by atoms with E-state index in [0.717, 1.165) is 5.69 Å². The fourth-order valence-electron chi connectivity index (χ4n) is 2.97. The van der Waals surface area contributed by atoms with E-state index in [2.05, 4.69) is 16.0 Å². The van der Waals surface area contributed by atoms with Gasteiger partial charge in [0.05, 0.1) is 15.8 Å². The molecule has 1 aromatic heterocycles. The summed E-state index contributed by atoms with van der Waals surface area (Å²) in [6.07, 6.45) is 0. The third-order valence-electron chi connectivity index (χ3n) is 4.46. The first-order chi connectivity index (χ1) is 14.5. The summed E-state index contributed by atoms with van der Waals surface area (Å²) >= 11 is 7.04. The lowest BCUT2D eigenvalue weighted by molar-refractivity contribution is -0.125. The number of anilines is 2. The average molecular weight is 451 g/mol. The molecule has 1 saturated heterocycles. The summed E-state index contributed by atoms with van der Waals surface area (Å²) in [6.45, 7) is 3.66. The molecule has 8 nitrogen and oxygen atoms in total. The molecule has 2 heterocycles. The van der Waals surface area contributed by atoms with Crippen molar-refractivity contribution in [2.45, 2.75) is 13.0 Å². The van der Waals surface area contributed by atoms with Crippen molar-refractivity contribution in [3.8, 4) is 0 Å². The number of thiophene rings is 1. The van der Waals surface area contributed by atoms with E-state index >= 15 is 0 Å². The van der Waals surface area contributed by atoms with Crippen molar-refractivity contribution in [2.24, 2.45) is 0 Å². The fourth-order valence-corrected chi connectivity index (χ4v) is 3.93. The summed E-state index contributed by atoms with van der Waals surface area (Å²) in [5, 5.41) is 8.66. The van der Waals surface area contributed by atoms with Crippen LogP contribution in [0.15, 0.2) is 36.4 Å². The van der Waals surface area contributed by atoms with Crippen LogP contribution in [0.5, 0.6) is 0 Å². The Balaban J connectivity index is 1.57. The molecule has 3 N–H and O–H groups in total. The van der Waals surface area contributed by atoms with Crippen LogP contribution in [0, 0.1) is 0 Å². The molecule has 3 rings (SSSR count). The van der Waals surface area contributed by atoms with Gasteiger partial charge in [-0.05, 0) is 42.9 Å². The molecule has 1 aliphatic heterocycles. The van der Waals surface area contributed by atoms with Gasteiger partial charge in [-0.3, -0.25) is 14.4 Å². The van der Waals surface area contributed by atoms with E-state index in [1.807, 2.05) is 6.92 Å². The van der Waals surface area contributed by atoms with Crippen LogP contribution >= 0.6 is 22.9 Å². The predicted molar refractivity (Wildman–Crippen MR) is 117 cm³/mol. The Morgan fingerprint density at radius 1 is 1.23 bits per heavy atom. The van der Waals surface area contributed by atoms with Crippen molar-refractivity contribution >= 4 is 52.0 Å². The minimum absolute atomic E-state index is 0.0756. The molecule has 1 atom stereocenters. The molecular formula is C20H23ClN4O4S. The molecule has 30 heavy (non-hydrogen) atoms. The number of benzene rings is 1. The molecule has 0 saturated carbocycles. The van der Waals surface area contributed by atoms with Crippen molar-refractivity contribution in [3.63, 3.8) is 0 Å². The van der Waals surface area contributed by atoms with E-state index in [4.69, 9.17) is 16.3 Å². The monoisotopic (exact) mass is 450 g/mol. The number of halogens is 1. The van der Waals surface area contributed by atoms with Gasteiger partial charge in [0.25, 0.3) is 11.8 Å². The highest BCUT2D eigenvalue weighted by molar-refractivity contribution is 7.18. The lowest BCUT2D eigenvalue weighted by atomic mass is 10.2. The van der Waals surface area contributed by atoms with Crippen molar-refractivity contribution in [1.82, 2.24) is 10.6 Å². The van der Waals surface area contributed by atoms with E-state index < -0.39 is 6.04 Å². The van der Waals surface area contributed by atoms with E-state index in [9.17, 15) is 14.4 Å². The van der Waals surface area contributed by atoms with Crippen LogP contribution in [0.3, 0.4) is 0 Å². The fraction of sp³-hybridized carbons (Fsp3) is 0.350. The van der Waals surface area contributed by atoms with E-state index in [-0.39, 0.29) is 30.9 Å². The van der Waals surface area contributed by atoms with Gasteiger partial charge in [0, 0.05) is 24.5 Å². The van der Waals surface area contributed by atoms with Gasteiger partial charge in [-0.1, -0.05) is 18.5 Å². The predicted octanol–water partition coefficient (Wildman–Crippen LogP) is 2.11. The molecular weight excluding hydrogens is 428 g/mol. The molecule has 2 aromatic rings. The lowest BCUT2D eigenvalue weighted by Crippen LogP contribution is -2.48. The highest BCUT2D eigenvalue weighted by atomic mass is 35.5. The van der Waals surface area contributed by atoms with Crippen molar-refractivity contribution in [1.29, 1.82) is 0 Å². The number of ether oxygens (including phenoxy) is 1. The van der Waals surface area contributed by atoms with Gasteiger partial charge in [0.1, 0.15) is 12.6 Å². The second-order valence-corrected chi connectivity index (χ2v) is 8.27. The Hall–Kier alpha value is -2.46. The number of carbonyl (C=O) groups is 3. The first-order valence-corrected chi connectivity index (χ1v) is 10.7. The van der Waals surface area contributed by atoms with Crippen LogP contribution < -0.4 is 20.9 Å². The van der Waals surface area contributed by atoms with Gasteiger partial charge in [-0.25, -0.2) is 0 Å². The molecule has 1 fully saturated rings. The number of carbonyl (C=O) groups excluding carboxylic acids is 3. The van der Waals surface area contributed by atoms with Gasteiger partial charge in [0.15, 0.2) is 0 Å². The average Bonchev–Trinajstić information content (AvgIpc) is 3.18. The van der Waals surface area contributed by atoms with Crippen molar-refractivity contribution < 1.29 is 19.1 Å². The molecule has 10 heteroatoms. The van der Waals surface area contributed by atoms with Gasteiger partial charge in [0.2, 0.25) is 5.91 Å². The van der Waals surface area contributed by atoms with Crippen LogP contribution in [0.25, 0.3) is 0 Å². The molecule has 160 valence electrons. The van der Waals surface area contributed by atoms with Crippen LogP contribution in [0.4, 0.5) is 11.4 Å². The normalized spacial score (nSPS) is 15.0. The number of amides is 3. The summed E-state index contributed by atoms with van der Waals surface area (Å²) in [5.74, 6) is -0.633. The van der Waals surface area contributed by atoms with E-state index in [1.54, 1.807) is 41.3 Å². The van der Waals surface area contributed by atoms with E-state index in [0.29, 0.717) is 34.6 Å². The molecule has 0 radical (unpaired) electrons. The van der Waals surface area contributed by atoms with Crippen molar-refractivity contribution in [2.75, 3.05) is 43.1 Å². The molecule has 3 amide bonds. The second-order valence-electron chi connectivity index (χ2n) is 6.56. The molecule has 0 spiro atoms. The number of nitrogens with one attached hydrogen (secondary N) is 3. The summed E-state index contributed by atoms with van der Waals surface area (Å²) in [5.41, 5.74) is 1.36. The highest BCUT2D eigenvalue weighted by Gasteiger charge is 2.21. The Bertz CT molecular complexity index is 902. The first-order valence-electron chi connectivity index (χ1n) is 9.54. The Labute approximate surface area is 183 Å². The summed E-state index contributed by atoms with van der Waals surface area (Å²) < 4.78 is 5.67.